The highest BCUT2D eigenvalue weighted by Crippen LogP contribution is 2.19. The van der Waals surface area contributed by atoms with Gasteiger partial charge in [0.15, 0.2) is 6.61 Å². The maximum absolute atomic E-state index is 10.5. The maximum Gasteiger partial charge on any atom is 0.255 e. The number of ether oxygens (including phenoxy) is 1. The van der Waals surface area contributed by atoms with Crippen molar-refractivity contribution >= 4 is 16.7 Å². The number of carbonyl (C=O) groups excluding carboxylic acids is 1. The van der Waals surface area contributed by atoms with Crippen LogP contribution in [0.1, 0.15) is 0 Å². The standard InChI is InChI=1S/C12H10NO2/c13-12(14)8-15-11-6-5-9-3-1-2-4-10(9)7-11/h1-6H,8H2,(H2,13,14). The summed E-state index contributed by atoms with van der Waals surface area (Å²) < 4.78 is 5.15. The molecule has 2 aromatic carbocycles. The third-order valence-corrected chi connectivity index (χ3v) is 2.00. The van der Waals surface area contributed by atoms with Gasteiger partial charge in [0.1, 0.15) is 5.75 Å². The third kappa shape index (κ3) is 2.26. The molecule has 2 aromatic rings. The number of primary amides is 1. The first kappa shape index (κ1) is 9.52. The fraction of sp³-hybridized carbons (Fsp3) is 0.0833. The summed E-state index contributed by atoms with van der Waals surface area (Å²) in [5.41, 5.74) is 4.98. The zero-order valence-corrected chi connectivity index (χ0v) is 8.07. The van der Waals surface area contributed by atoms with E-state index in [0.717, 1.165) is 10.8 Å². The predicted molar refractivity (Wildman–Crippen MR) is 57.5 cm³/mol. The highest BCUT2D eigenvalue weighted by molar-refractivity contribution is 5.83. The van der Waals surface area contributed by atoms with Gasteiger partial charge in [0.2, 0.25) is 0 Å². The number of amides is 1. The monoisotopic (exact) mass is 200 g/mol. The second-order valence-corrected chi connectivity index (χ2v) is 3.16. The Balaban J connectivity index is 2.26. The molecule has 0 aromatic heterocycles. The molecule has 0 fully saturated rings. The maximum atomic E-state index is 10.5. The van der Waals surface area contributed by atoms with Crippen molar-refractivity contribution in [2.75, 3.05) is 6.61 Å². The molecule has 0 aliphatic heterocycles. The lowest BCUT2D eigenvalue weighted by Crippen LogP contribution is -2.19. The van der Waals surface area contributed by atoms with Gasteiger partial charge in [-0.15, -0.1) is 0 Å². The molecule has 0 saturated carbocycles. The minimum absolute atomic E-state index is 0.116. The molecule has 0 unspecified atom stereocenters. The summed E-state index contributed by atoms with van der Waals surface area (Å²) in [4.78, 5) is 10.5. The van der Waals surface area contributed by atoms with Gasteiger partial charge in [0.05, 0.1) is 0 Å². The number of fused-ring (bicyclic) bond motifs is 1. The zero-order chi connectivity index (χ0) is 10.7. The van der Waals surface area contributed by atoms with Crippen molar-refractivity contribution in [3.63, 3.8) is 0 Å². The number of nitrogens with two attached hydrogens (primary N) is 1. The minimum Gasteiger partial charge on any atom is -0.483 e. The van der Waals surface area contributed by atoms with E-state index in [1.807, 2.05) is 30.3 Å². The van der Waals surface area contributed by atoms with Crippen molar-refractivity contribution in [2.24, 2.45) is 5.73 Å². The molecule has 1 radical (unpaired) electrons. The number of hydrogen-bond donors (Lipinski definition) is 1. The van der Waals surface area contributed by atoms with E-state index in [1.54, 1.807) is 6.07 Å². The van der Waals surface area contributed by atoms with Crippen LogP contribution in [0.3, 0.4) is 0 Å². The van der Waals surface area contributed by atoms with E-state index < -0.39 is 5.91 Å². The highest BCUT2D eigenvalue weighted by atomic mass is 16.5. The van der Waals surface area contributed by atoms with Gasteiger partial charge in [-0.25, -0.2) is 0 Å². The van der Waals surface area contributed by atoms with Gasteiger partial charge in [0, 0.05) is 6.07 Å². The lowest BCUT2D eigenvalue weighted by Gasteiger charge is -2.04. The molecule has 75 valence electrons. The molecule has 2 N–H and O–H groups in total. The van der Waals surface area contributed by atoms with Crippen LogP contribution in [0.25, 0.3) is 10.8 Å². The van der Waals surface area contributed by atoms with Gasteiger partial charge < -0.3 is 10.5 Å². The van der Waals surface area contributed by atoms with Gasteiger partial charge in [-0.2, -0.15) is 0 Å². The molecule has 2 rings (SSSR count). The number of rotatable bonds is 3. The Morgan fingerprint density at radius 1 is 1.27 bits per heavy atom. The number of hydrogen-bond acceptors (Lipinski definition) is 2. The average molecular weight is 200 g/mol. The minimum atomic E-state index is -0.489. The first-order valence-corrected chi connectivity index (χ1v) is 4.58. The molecular formula is C12H10NO2. The van der Waals surface area contributed by atoms with Crippen molar-refractivity contribution in [2.45, 2.75) is 0 Å². The van der Waals surface area contributed by atoms with Crippen LogP contribution in [0.2, 0.25) is 0 Å². The van der Waals surface area contributed by atoms with Gasteiger partial charge in [-0.05, 0) is 16.8 Å². The van der Waals surface area contributed by atoms with Crippen LogP contribution in [-0.4, -0.2) is 12.5 Å². The molecule has 0 atom stereocenters. The largest absolute Gasteiger partial charge is 0.483 e. The van der Waals surface area contributed by atoms with E-state index in [2.05, 4.69) is 6.07 Å². The average Bonchev–Trinajstić information content (AvgIpc) is 2.26. The van der Waals surface area contributed by atoms with E-state index in [0.29, 0.717) is 5.75 Å². The first-order valence-electron chi connectivity index (χ1n) is 4.58. The molecule has 3 nitrogen and oxygen atoms in total. The Hall–Kier alpha value is -2.03. The summed E-state index contributed by atoms with van der Waals surface area (Å²) in [7, 11) is 0. The van der Waals surface area contributed by atoms with E-state index in [1.165, 1.54) is 0 Å². The van der Waals surface area contributed by atoms with Crippen molar-refractivity contribution in [1.82, 2.24) is 0 Å². The summed E-state index contributed by atoms with van der Waals surface area (Å²) in [5.74, 6) is 0.0454. The second kappa shape index (κ2) is 4.00. The topological polar surface area (TPSA) is 52.3 Å². The summed E-state index contributed by atoms with van der Waals surface area (Å²) in [6, 6.07) is 14.6. The van der Waals surface area contributed by atoms with E-state index in [9.17, 15) is 4.79 Å². The molecule has 0 spiro atoms. The Labute approximate surface area is 87.5 Å². The second-order valence-electron chi connectivity index (χ2n) is 3.16. The first-order chi connectivity index (χ1) is 7.25. The van der Waals surface area contributed by atoms with Gasteiger partial charge in [0.25, 0.3) is 5.91 Å². The predicted octanol–water partition coefficient (Wildman–Crippen LogP) is 1.50. The third-order valence-electron chi connectivity index (χ3n) is 2.00. The Morgan fingerprint density at radius 2 is 2.07 bits per heavy atom. The summed E-state index contributed by atoms with van der Waals surface area (Å²) >= 11 is 0. The molecule has 0 saturated heterocycles. The fourth-order valence-corrected chi connectivity index (χ4v) is 1.33. The van der Waals surface area contributed by atoms with Gasteiger partial charge >= 0.3 is 0 Å². The van der Waals surface area contributed by atoms with Crippen LogP contribution in [0, 0.1) is 6.07 Å². The Kier molecular flexibility index (Phi) is 2.54. The number of benzene rings is 2. The number of carbonyl (C=O) groups is 1. The van der Waals surface area contributed by atoms with Gasteiger partial charge in [-0.1, -0.05) is 30.3 Å². The van der Waals surface area contributed by atoms with E-state index in [-0.39, 0.29) is 6.61 Å². The van der Waals surface area contributed by atoms with Crippen LogP contribution in [0.15, 0.2) is 36.4 Å². The summed E-state index contributed by atoms with van der Waals surface area (Å²) in [5, 5.41) is 2.04. The summed E-state index contributed by atoms with van der Waals surface area (Å²) in [6.45, 7) is -0.116. The van der Waals surface area contributed by atoms with Gasteiger partial charge in [-0.3, -0.25) is 4.79 Å². The molecule has 0 heterocycles. The molecule has 0 aliphatic rings. The molecule has 3 heteroatoms. The van der Waals surface area contributed by atoms with E-state index in [4.69, 9.17) is 10.5 Å². The van der Waals surface area contributed by atoms with Crippen molar-refractivity contribution in [1.29, 1.82) is 0 Å². The zero-order valence-electron chi connectivity index (χ0n) is 8.07. The normalized spacial score (nSPS) is 10.1. The quantitative estimate of drug-likeness (QED) is 0.816. The molecule has 15 heavy (non-hydrogen) atoms. The lowest BCUT2D eigenvalue weighted by atomic mass is 10.1. The van der Waals surface area contributed by atoms with Crippen LogP contribution >= 0.6 is 0 Å². The van der Waals surface area contributed by atoms with Crippen LogP contribution in [0.5, 0.6) is 5.75 Å². The smallest absolute Gasteiger partial charge is 0.255 e. The molecule has 1 amide bonds. The van der Waals surface area contributed by atoms with Crippen LogP contribution < -0.4 is 10.5 Å². The fourth-order valence-electron chi connectivity index (χ4n) is 1.33. The Morgan fingerprint density at radius 3 is 2.87 bits per heavy atom. The van der Waals surface area contributed by atoms with Crippen molar-refractivity contribution in [3.8, 4) is 5.75 Å². The van der Waals surface area contributed by atoms with E-state index >= 15 is 0 Å². The lowest BCUT2D eigenvalue weighted by molar-refractivity contribution is -0.119. The van der Waals surface area contributed by atoms with Crippen LogP contribution in [-0.2, 0) is 4.79 Å². The molecule has 0 bridgehead atoms. The summed E-state index contributed by atoms with van der Waals surface area (Å²) in [6.07, 6.45) is 0. The van der Waals surface area contributed by atoms with Crippen molar-refractivity contribution < 1.29 is 9.53 Å². The highest BCUT2D eigenvalue weighted by Gasteiger charge is 1.99. The SMILES string of the molecule is NC(=O)COc1[c]c2ccccc2cc1. The molecule has 0 aliphatic carbocycles. The Bertz CT molecular complexity index is 494. The van der Waals surface area contributed by atoms with Crippen molar-refractivity contribution in [3.05, 3.63) is 42.5 Å². The molecular weight excluding hydrogens is 190 g/mol. The van der Waals surface area contributed by atoms with Crippen LogP contribution in [0.4, 0.5) is 0 Å².